The van der Waals surface area contributed by atoms with Crippen LogP contribution in [0.15, 0.2) is 0 Å². The molecule has 0 spiro atoms. The van der Waals surface area contributed by atoms with E-state index in [2.05, 4.69) is 4.74 Å². The minimum absolute atomic E-state index is 0.0566. The van der Waals surface area contributed by atoms with Gasteiger partial charge in [0.25, 0.3) is 5.79 Å². The van der Waals surface area contributed by atoms with Crippen LogP contribution in [0.4, 0.5) is 9.18 Å². The molecular weight excluding hydrogens is 229 g/mol. The molecule has 0 aromatic carbocycles. The molecule has 0 radical (unpaired) electrons. The number of amides is 1. The zero-order valence-corrected chi connectivity index (χ0v) is 10.6. The second-order valence-electron chi connectivity index (χ2n) is 4.99. The van der Waals surface area contributed by atoms with Gasteiger partial charge in [-0.25, -0.2) is 14.0 Å². The van der Waals surface area contributed by atoms with Crippen LogP contribution in [0, 0.1) is 0 Å². The SMILES string of the molecule is COC(=O)C1(F)CCCN1C(=O)OC(C)(C)C. The normalized spacial score (nSPS) is 24.6. The van der Waals surface area contributed by atoms with Crippen molar-refractivity contribution in [3.05, 3.63) is 0 Å². The fourth-order valence-corrected chi connectivity index (χ4v) is 1.71. The Labute approximate surface area is 99.9 Å². The molecular formula is C11H18FNO4. The Kier molecular flexibility index (Phi) is 3.64. The van der Waals surface area contributed by atoms with Crippen LogP contribution < -0.4 is 0 Å². The number of likely N-dealkylation sites (tertiary alicyclic amines) is 1. The number of nitrogens with zero attached hydrogens (tertiary/aromatic N) is 1. The molecule has 1 amide bonds. The Morgan fingerprint density at radius 2 is 1.94 bits per heavy atom. The summed E-state index contributed by atoms with van der Waals surface area (Å²) in [5.74, 6) is -3.45. The second-order valence-corrected chi connectivity index (χ2v) is 4.99. The average Bonchev–Trinajstić information content (AvgIpc) is 2.58. The number of rotatable bonds is 1. The van der Waals surface area contributed by atoms with Crippen LogP contribution >= 0.6 is 0 Å². The lowest BCUT2D eigenvalue weighted by Crippen LogP contribution is -2.51. The van der Waals surface area contributed by atoms with E-state index in [1.165, 1.54) is 0 Å². The molecule has 0 N–H and O–H groups in total. The average molecular weight is 247 g/mol. The molecule has 1 unspecified atom stereocenters. The molecule has 0 bridgehead atoms. The Morgan fingerprint density at radius 3 is 2.41 bits per heavy atom. The maximum atomic E-state index is 14.3. The van der Waals surface area contributed by atoms with Crippen LogP contribution in [0.1, 0.15) is 33.6 Å². The van der Waals surface area contributed by atoms with E-state index in [9.17, 15) is 14.0 Å². The number of carbonyl (C=O) groups excluding carboxylic acids is 2. The lowest BCUT2D eigenvalue weighted by atomic mass is 10.2. The lowest BCUT2D eigenvalue weighted by Gasteiger charge is -2.30. The van der Waals surface area contributed by atoms with E-state index in [1.807, 2.05) is 0 Å². The van der Waals surface area contributed by atoms with Crippen molar-refractivity contribution in [1.82, 2.24) is 4.90 Å². The zero-order chi connectivity index (χ0) is 13.3. The molecule has 0 aromatic heterocycles. The molecule has 0 aliphatic carbocycles. The fourth-order valence-electron chi connectivity index (χ4n) is 1.71. The van der Waals surface area contributed by atoms with E-state index in [1.54, 1.807) is 20.8 Å². The highest BCUT2D eigenvalue weighted by Gasteiger charge is 2.53. The third-order valence-corrected chi connectivity index (χ3v) is 2.43. The minimum atomic E-state index is -2.39. The molecule has 1 aliphatic heterocycles. The first kappa shape index (κ1) is 13.7. The highest BCUT2D eigenvalue weighted by molar-refractivity contribution is 5.84. The van der Waals surface area contributed by atoms with Gasteiger partial charge in [-0.15, -0.1) is 0 Å². The Hall–Kier alpha value is -1.33. The van der Waals surface area contributed by atoms with Crippen molar-refractivity contribution in [3.8, 4) is 0 Å². The molecule has 1 aliphatic rings. The summed E-state index contributed by atoms with van der Waals surface area (Å²) in [4.78, 5) is 23.9. The van der Waals surface area contributed by atoms with Crippen LogP contribution in [0.5, 0.6) is 0 Å². The third kappa shape index (κ3) is 2.87. The van der Waals surface area contributed by atoms with Gasteiger partial charge in [0.2, 0.25) is 0 Å². The first-order valence-corrected chi connectivity index (χ1v) is 5.48. The van der Waals surface area contributed by atoms with Gasteiger partial charge in [-0.05, 0) is 27.2 Å². The van der Waals surface area contributed by atoms with Gasteiger partial charge in [0.05, 0.1) is 7.11 Å². The maximum absolute atomic E-state index is 14.3. The van der Waals surface area contributed by atoms with Gasteiger partial charge in [0.1, 0.15) is 5.60 Å². The predicted molar refractivity (Wildman–Crippen MR) is 58.0 cm³/mol. The summed E-state index contributed by atoms with van der Waals surface area (Å²) in [6.45, 7) is 5.19. The number of halogens is 1. The molecule has 98 valence electrons. The van der Waals surface area contributed by atoms with Crippen LogP contribution in [-0.4, -0.2) is 42.0 Å². The van der Waals surface area contributed by atoms with Crippen LogP contribution in [0.2, 0.25) is 0 Å². The van der Waals surface area contributed by atoms with E-state index >= 15 is 0 Å². The van der Waals surface area contributed by atoms with Crippen LogP contribution in [0.25, 0.3) is 0 Å². The molecule has 0 saturated carbocycles. The van der Waals surface area contributed by atoms with Crippen LogP contribution in [0.3, 0.4) is 0 Å². The topological polar surface area (TPSA) is 55.8 Å². The van der Waals surface area contributed by atoms with Gasteiger partial charge in [-0.1, -0.05) is 0 Å². The number of esters is 1. The smallest absolute Gasteiger partial charge is 0.413 e. The van der Waals surface area contributed by atoms with Gasteiger partial charge in [0, 0.05) is 13.0 Å². The standard InChI is InChI=1S/C11H18FNO4/c1-10(2,3)17-9(15)13-7-5-6-11(13,12)8(14)16-4/h5-7H2,1-4H3. The van der Waals surface area contributed by atoms with Gasteiger partial charge in [-0.3, -0.25) is 4.90 Å². The van der Waals surface area contributed by atoms with E-state index < -0.39 is 23.5 Å². The Bertz CT molecular complexity index is 326. The number of carbonyl (C=O) groups is 2. The number of methoxy groups -OCH3 is 1. The molecule has 17 heavy (non-hydrogen) atoms. The lowest BCUT2D eigenvalue weighted by molar-refractivity contribution is -0.165. The van der Waals surface area contributed by atoms with Crippen molar-refractivity contribution in [2.24, 2.45) is 0 Å². The third-order valence-electron chi connectivity index (χ3n) is 2.43. The molecule has 6 heteroatoms. The molecule has 0 aromatic rings. The second kappa shape index (κ2) is 4.50. The van der Waals surface area contributed by atoms with Gasteiger partial charge in [-0.2, -0.15) is 0 Å². The van der Waals surface area contributed by atoms with Crippen molar-refractivity contribution in [1.29, 1.82) is 0 Å². The minimum Gasteiger partial charge on any atom is -0.465 e. The highest BCUT2D eigenvalue weighted by Crippen LogP contribution is 2.33. The largest absolute Gasteiger partial charge is 0.465 e. The number of hydrogen-bond acceptors (Lipinski definition) is 4. The Morgan fingerprint density at radius 1 is 1.35 bits per heavy atom. The fraction of sp³-hybridized carbons (Fsp3) is 0.818. The van der Waals surface area contributed by atoms with Crippen LogP contribution in [-0.2, 0) is 14.3 Å². The number of alkyl halides is 1. The van der Waals surface area contributed by atoms with E-state index in [0.717, 1.165) is 12.0 Å². The molecule has 1 fully saturated rings. The summed E-state index contributed by atoms with van der Waals surface area (Å²) < 4.78 is 23.8. The quantitative estimate of drug-likeness (QED) is 0.524. The first-order chi connectivity index (χ1) is 7.70. The molecule has 5 nitrogen and oxygen atoms in total. The van der Waals surface area contributed by atoms with Crippen molar-refractivity contribution in [2.75, 3.05) is 13.7 Å². The molecule has 1 heterocycles. The summed E-state index contributed by atoms with van der Waals surface area (Å²) in [6, 6.07) is 0. The first-order valence-electron chi connectivity index (χ1n) is 5.48. The highest BCUT2D eigenvalue weighted by atomic mass is 19.1. The molecule has 1 atom stereocenters. The summed E-state index contributed by atoms with van der Waals surface area (Å²) in [6.07, 6.45) is -0.480. The maximum Gasteiger partial charge on any atom is 0.413 e. The monoisotopic (exact) mass is 247 g/mol. The number of ether oxygens (including phenoxy) is 2. The van der Waals surface area contributed by atoms with Gasteiger partial charge in [0.15, 0.2) is 0 Å². The Balaban J connectivity index is 2.83. The summed E-state index contributed by atoms with van der Waals surface area (Å²) in [5.41, 5.74) is -0.725. The van der Waals surface area contributed by atoms with E-state index in [0.29, 0.717) is 6.42 Å². The van der Waals surface area contributed by atoms with Crippen molar-refractivity contribution in [3.63, 3.8) is 0 Å². The van der Waals surface area contributed by atoms with Gasteiger partial charge < -0.3 is 9.47 Å². The molecule has 1 rings (SSSR count). The zero-order valence-electron chi connectivity index (χ0n) is 10.6. The summed E-state index contributed by atoms with van der Waals surface area (Å²) in [5, 5.41) is 0. The van der Waals surface area contributed by atoms with Crippen molar-refractivity contribution in [2.45, 2.75) is 45.0 Å². The van der Waals surface area contributed by atoms with E-state index in [-0.39, 0.29) is 13.0 Å². The van der Waals surface area contributed by atoms with Crippen molar-refractivity contribution < 1.29 is 23.5 Å². The van der Waals surface area contributed by atoms with E-state index in [4.69, 9.17) is 4.74 Å². The summed E-state index contributed by atoms with van der Waals surface area (Å²) in [7, 11) is 1.09. The number of hydrogen-bond donors (Lipinski definition) is 0. The van der Waals surface area contributed by atoms with Gasteiger partial charge >= 0.3 is 12.1 Å². The predicted octanol–water partition coefficient (Wildman–Crippen LogP) is 1.86. The summed E-state index contributed by atoms with van der Waals surface area (Å²) >= 11 is 0. The molecule has 1 saturated heterocycles. The van der Waals surface area contributed by atoms with Crippen molar-refractivity contribution >= 4 is 12.1 Å².